The van der Waals surface area contributed by atoms with Gasteiger partial charge in [0, 0.05) is 12.6 Å². The lowest BCUT2D eigenvalue weighted by atomic mass is 10.1. The first kappa shape index (κ1) is 16.4. The quantitative estimate of drug-likeness (QED) is 0.528. The number of hydrogen-bond acceptors (Lipinski definition) is 4. The number of amides is 2. The molecule has 20 heavy (non-hydrogen) atoms. The molecule has 1 aliphatic heterocycles. The molecule has 6 heteroatoms. The second kappa shape index (κ2) is 7.19. The third-order valence-electron chi connectivity index (χ3n) is 3.61. The van der Waals surface area contributed by atoms with E-state index in [-0.39, 0.29) is 37.4 Å². The molecule has 2 amide bonds. The highest BCUT2D eigenvalue weighted by molar-refractivity contribution is 6.06. The third kappa shape index (κ3) is 3.45. The number of carbonyl (C=O) groups is 3. The Labute approximate surface area is 119 Å². The van der Waals surface area contributed by atoms with E-state index >= 15 is 0 Å². The van der Waals surface area contributed by atoms with Crippen molar-refractivity contribution in [3.8, 4) is 0 Å². The zero-order valence-corrected chi connectivity index (χ0v) is 12.0. The first-order valence-corrected chi connectivity index (χ1v) is 6.88. The van der Waals surface area contributed by atoms with E-state index < -0.39 is 12.0 Å². The predicted molar refractivity (Wildman–Crippen MR) is 74.0 cm³/mol. The molecule has 1 fully saturated rings. The van der Waals surface area contributed by atoms with Gasteiger partial charge in [0.1, 0.15) is 0 Å². The van der Waals surface area contributed by atoms with E-state index in [1.807, 2.05) is 13.8 Å². The van der Waals surface area contributed by atoms with Gasteiger partial charge in [0.25, 0.3) is 0 Å². The van der Waals surface area contributed by atoms with E-state index in [1.54, 1.807) is 6.08 Å². The van der Waals surface area contributed by atoms with Crippen LogP contribution >= 0.6 is 0 Å². The highest BCUT2D eigenvalue weighted by Gasteiger charge is 2.44. The number of likely N-dealkylation sites (tertiary alicyclic amines) is 1. The number of carboxylic acids is 1. The van der Waals surface area contributed by atoms with Crippen LogP contribution in [-0.2, 0) is 14.4 Å². The Morgan fingerprint density at radius 1 is 1.50 bits per heavy atom. The molecule has 1 unspecified atom stereocenters. The molecule has 1 heterocycles. The van der Waals surface area contributed by atoms with E-state index in [0.29, 0.717) is 12.8 Å². The van der Waals surface area contributed by atoms with E-state index in [4.69, 9.17) is 5.11 Å². The normalized spacial score (nSPS) is 19.2. The lowest BCUT2D eigenvalue weighted by Gasteiger charge is -2.27. The number of rotatable bonds is 8. The molecule has 0 saturated carbocycles. The van der Waals surface area contributed by atoms with Gasteiger partial charge in [-0.25, -0.2) is 0 Å². The van der Waals surface area contributed by atoms with Gasteiger partial charge in [-0.3, -0.25) is 24.2 Å². The van der Waals surface area contributed by atoms with Gasteiger partial charge < -0.3 is 5.11 Å². The molecular weight excluding hydrogens is 260 g/mol. The molecule has 0 aromatic carbocycles. The fourth-order valence-electron chi connectivity index (χ4n) is 2.60. The van der Waals surface area contributed by atoms with Crippen LogP contribution in [0.25, 0.3) is 0 Å². The number of imide groups is 1. The van der Waals surface area contributed by atoms with Crippen molar-refractivity contribution in [3.05, 3.63) is 12.7 Å². The highest BCUT2D eigenvalue weighted by Crippen LogP contribution is 2.23. The molecule has 112 valence electrons. The number of carbonyl (C=O) groups excluding carboxylic acids is 2. The van der Waals surface area contributed by atoms with Crippen molar-refractivity contribution in [2.24, 2.45) is 0 Å². The Morgan fingerprint density at radius 2 is 2.10 bits per heavy atom. The summed E-state index contributed by atoms with van der Waals surface area (Å²) in [6.07, 6.45) is 3.01. The molecule has 0 spiro atoms. The molecule has 0 aromatic heterocycles. The fraction of sp³-hybridized carbons (Fsp3) is 0.643. The van der Waals surface area contributed by atoms with Gasteiger partial charge in [-0.2, -0.15) is 0 Å². The lowest BCUT2D eigenvalue weighted by molar-refractivity contribution is -0.143. The summed E-state index contributed by atoms with van der Waals surface area (Å²) in [7, 11) is 0. The zero-order chi connectivity index (χ0) is 15.3. The summed E-state index contributed by atoms with van der Waals surface area (Å²) >= 11 is 0. The molecule has 1 atom stereocenters. The van der Waals surface area contributed by atoms with Crippen LogP contribution in [0.3, 0.4) is 0 Å². The van der Waals surface area contributed by atoms with Crippen LogP contribution in [0.4, 0.5) is 0 Å². The van der Waals surface area contributed by atoms with Crippen molar-refractivity contribution in [2.75, 3.05) is 13.1 Å². The van der Waals surface area contributed by atoms with Gasteiger partial charge in [0.15, 0.2) is 0 Å². The van der Waals surface area contributed by atoms with E-state index in [9.17, 15) is 14.4 Å². The maximum absolute atomic E-state index is 12.4. The average Bonchev–Trinajstić information content (AvgIpc) is 2.67. The first-order chi connectivity index (χ1) is 9.46. The van der Waals surface area contributed by atoms with Gasteiger partial charge in [0.2, 0.25) is 11.8 Å². The van der Waals surface area contributed by atoms with Gasteiger partial charge in [-0.1, -0.05) is 19.9 Å². The molecule has 0 bridgehead atoms. The molecule has 6 nitrogen and oxygen atoms in total. The smallest absolute Gasteiger partial charge is 0.317 e. The maximum Gasteiger partial charge on any atom is 0.317 e. The highest BCUT2D eigenvalue weighted by atomic mass is 16.4. The first-order valence-electron chi connectivity index (χ1n) is 6.88. The van der Waals surface area contributed by atoms with Crippen LogP contribution < -0.4 is 0 Å². The summed E-state index contributed by atoms with van der Waals surface area (Å²) in [5.41, 5.74) is 0. The number of hydrogen-bond donors (Lipinski definition) is 1. The van der Waals surface area contributed by atoms with Crippen LogP contribution in [0.5, 0.6) is 0 Å². The van der Waals surface area contributed by atoms with Gasteiger partial charge >= 0.3 is 5.97 Å². The van der Waals surface area contributed by atoms with Gasteiger partial charge in [0.05, 0.1) is 19.0 Å². The molecule has 0 aromatic rings. The van der Waals surface area contributed by atoms with E-state index in [1.165, 1.54) is 9.80 Å². The summed E-state index contributed by atoms with van der Waals surface area (Å²) in [4.78, 5) is 38.1. The van der Waals surface area contributed by atoms with Crippen molar-refractivity contribution >= 4 is 17.8 Å². The van der Waals surface area contributed by atoms with Gasteiger partial charge in [-0.05, 0) is 12.8 Å². The summed E-state index contributed by atoms with van der Waals surface area (Å²) in [5.74, 6) is -1.52. The minimum atomic E-state index is -1.02. The monoisotopic (exact) mass is 282 g/mol. The molecule has 1 saturated heterocycles. The summed E-state index contributed by atoms with van der Waals surface area (Å²) in [6.45, 7) is 7.43. The molecule has 0 aliphatic carbocycles. The van der Waals surface area contributed by atoms with Crippen molar-refractivity contribution in [3.63, 3.8) is 0 Å². The fourth-order valence-corrected chi connectivity index (χ4v) is 2.60. The number of carboxylic acid groups (broad SMARTS) is 1. The lowest BCUT2D eigenvalue weighted by Crippen LogP contribution is -2.46. The largest absolute Gasteiger partial charge is 0.480 e. The zero-order valence-electron chi connectivity index (χ0n) is 12.0. The Balaban J connectivity index is 2.91. The molecule has 1 rings (SSSR count). The Hall–Kier alpha value is -1.69. The summed E-state index contributed by atoms with van der Waals surface area (Å²) in [5, 5.41) is 8.90. The van der Waals surface area contributed by atoms with Crippen LogP contribution in [0.15, 0.2) is 12.7 Å². The topological polar surface area (TPSA) is 77.9 Å². The maximum atomic E-state index is 12.4. The van der Waals surface area contributed by atoms with Crippen molar-refractivity contribution < 1.29 is 19.5 Å². The van der Waals surface area contributed by atoms with Crippen LogP contribution in [0, 0.1) is 0 Å². The van der Waals surface area contributed by atoms with E-state index in [0.717, 1.165) is 0 Å². The van der Waals surface area contributed by atoms with Crippen LogP contribution in [0.1, 0.15) is 33.1 Å². The molecular formula is C14H22N2O4. The Bertz CT molecular complexity index is 404. The number of nitrogens with zero attached hydrogens (tertiary/aromatic N) is 2. The Morgan fingerprint density at radius 3 is 2.55 bits per heavy atom. The Kier molecular flexibility index (Phi) is 5.88. The predicted octanol–water partition coefficient (Wildman–Crippen LogP) is 0.875. The van der Waals surface area contributed by atoms with Crippen LogP contribution in [-0.4, -0.2) is 57.9 Å². The van der Waals surface area contributed by atoms with Crippen molar-refractivity contribution in [1.82, 2.24) is 9.80 Å². The minimum absolute atomic E-state index is 0.0520. The van der Waals surface area contributed by atoms with Crippen molar-refractivity contribution in [2.45, 2.75) is 45.2 Å². The standard InChI is InChI=1S/C14H22N2O4/c1-4-7-15(9-13(18)19)11-8-12(17)16(14(11)20)10(5-2)6-3/h4,10-11H,1,5-9H2,2-3H3,(H,18,19). The molecule has 1 aliphatic rings. The third-order valence-corrected chi connectivity index (χ3v) is 3.61. The summed E-state index contributed by atoms with van der Waals surface area (Å²) in [6, 6.07) is -0.785. The van der Waals surface area contributed by atoms with E-state index in [2.05, 4.69) is 6.58 Å². The minimum Gasteiger partial charge on any atom is -0.480 e. The average molecular weight is 282 g/mol. The molecule has 1 N–H and O–H groups in total. The second-order valence-electron chi connectivity index (χ2n) is 4.90. The summed E-state index contributed by atoms with van der Waals surface area (Å²) < 4.78 is 0. The van der Waals surface area contributed by atoms with Crippen molar-refractivity contribution in [1.29, 1.82) is 0 Å². The van der Waals surface area contributed by atoms with Crippen LogP contribution in [0.2, 0.25) is 0 Å². The molecule has 0 radical (unpaired) electrons. The second-order valence-corrected chi connectivity index (χ2v) is 4.90. The number of aliphatic carboxylic acids is 1. The SMILES string of the molecule is C=CCN(CC(=O)O)C1CC(=O)N(C(CC)CC)C1=O. The van der Waals surface area contributed by atoms with Gasteiger partial charge in [-0.15, -0.1) is 6.58 Å².